The molecule has 1 unspecified atom stereocenters. The number of nitrogens with zero attached hydrogens (tertiary/aromatic N) is 2. The number of amides is 1. The number of piperazine rings is 1. The number of carbonyl (C=O) groups is 1. The van der Waals surface area contributed by atoms with E-state index in [1.54, 1.807) is 24.3 Å². The van der Waals surface area contributed by atoms with Gasteiger partial charge in [-0.2, -0.15) is 4.31 Å². The molecular formula is C14H19N3O3S. The van der Waals surface area contributed by atoms with Crippen LogP contribution in [0.5, 0.6) is 0 Å². The van der Waals surface area contributed by atoms with E-state index in [0.717, 1.165) is 12.0 Å². The van der Waals surface area contributed by atoms with E-state index >= 15 is 0 Å². The minimum absolute atomic E-state index is 0.0318. The van der Waals surface area contributed by atoms with Crippen molar-refractivity contribution in [2.45, 2.75) is 30.3 Å². The van der Waals surface area contributed by atoms with Crippen LogP contribution in [0, 0.1) is 0 Å². The third kappa shape index (κ3) is 2.56. The number of fused-ring (bicyclic) bond motifs is 1. The molecule has 6 nitrogen and oxygen atoms in total. The van der Waals surface area contributed by atoms with Crippen molar-refractivity contribution in [2.75, 3.05) is 19.6 Å². The highest BCUT2D eigenvalue weighted by Gasteiger charge is 2.39. The minimum atomic E-state index is -3.49. The van der Waals surface area contributed by atoms with E-state index in [-0.39, 0.29) is 16.8 Å². The standard InChI is InChI=1S/C14H19N3O3S/c15-9-11-1-4-13(5-2-11)21(19,20)16-7-8-17-12(10-16)3-6-14(17)18/h1-2,4-5,12H,3,6-10,15H2. The minimum Gasteiger partial charge on any atom is -0.337 e. The van der Waals surface area contributed by atoms with Crippen molar-refractivity contribution in [1.29, 1.82) is 0 Å². The summed E-state index contributed by atoms with van der Waals surface area (Å²) in [5.74, 6) is 0.143. The molecule has 0 aromatic heterocycles. The molecule has 21 heavy (non-hydrogen) atoms. The van der Waals surface area contributed by atoms with Gasteiger partial charge in [0.15, 0.2) is 0 Å². The summed E-state index contributed by atoms with van der Waals surface area (Å²) in [4.78, 5) is 13.7. The fraction of sp³-hybridized carbons (Fsp3) is 0.500. The van der Waals surface area contributed by atoms with Gasteiger partial charge >= 0.3 is 0 Å². The molecule has 0 bridgehead atoms. The van der Waals surface area contributed by atoms with E-state index in [0.29, 0.717) is 32.6 Å². The topological polar surface area (TPSA) is 83.7 Å². The fourth-order valence-electron chi connectivity index (χ4n) is 3.00. The Morgan fingerprint density at radius 2 is 1.90 bits per heavy atom. The summed E-state index contributed by atoms with van der Waals surface area (Å²) in [6.45, 7) is 1.64. The Kier molecular flexibility index (Phi) is 3.73. The van der Waals surface area contributed by atoms with Gasteiger partial charge in [-0.05, 0) is 24.1 Å². The van der Waals surface area contributed by atoms with E-state index in [2.05, 4.69) is 0 Å². The Bertz CT molecular complexity index is 642. The lowest BCUT2D eigenvalue weighted by Gasteiger charge is -2.36. The molecule has 2 aliphatic rings. The van der Waals surface area contributed by atoms with Crippen molar-refractivity contribution < 1.29 is 13.2 Å². The van der Waals surface area contributed by atoms with Gasteiger partial charge in [0.05, 0.1) is 4.90 Å². The van der Waals surface area contributed by atoms with E-state index in [4.69, 9.17) is 5.73 Å². The predicted octanol–water partition coefficient (Wildman–Crippen LogP) is 0.141. The van der Waals surface area contributed by atoms with Gasteiger partial charge in [0.1, 0.15) is 0 Å². The maximum absolute atomic E-state index is 12.6. The quantitative estimate of drug-likeness (QED) is 0.861. The molecule has 0 aliphatic carbocycles. The molecule has 1 amide bonds. The van der Waals surface area contributed by atoms with Crippen LogP contribution >= 0.6 is 0 Å². The Labute approximate surface area is 124 Å². The normalized spacial score (nSPS) is 23.4. The van der Waals surface area contributed by atoms with Gasteiger partial charge < -0.3 is 10.6 Å². The van der Waals surface area contributed by atoms with E-state index in [1.807, 2.05) is 4.90 Å². The third-order valence-corrected chi connectivity index (χ3v) is 6.13. The first-order valence-electron chi connectivity index (χ1n) is 7.11. The van der Waals surface area contributed by atoms with E-state index in [1.165, 1.54) is 4.31 Å². The highest BCUT2D eigenvalue weighted by Crippen LogP contribution is 2.26. The second-order valence-corrected chi connectivity index (χ2v) is 7.43. The number of benzene rings is 1. The van der Waals surface area contributed by atoms with Crippen molar-refractivity contribution in [3.63, 3.8) is 0 Å². The van der Waals surface area contributed by atoms with Crippen LogP contribution in [0.1, 0.15) is 18.4 Å². The number of carbonyl (C=O) groups excluding carboxylic acids is 1. The number of rotatable bonds is 3. The molecule has 1 aromatic rings. The highest BCUT2D eigenvalue weighted by atomic mass is 32.2. The van der Waals surface area contributed by atoms with Crippen LogP contribution < -0.4 is 5.73 Å². The predicted molar refractivity (Wildman–Crippen MR) is 77.8 cm³/mol. The SMILES string of the molecule is NCc1ccc(S(=O)(=O)N2CCN3C(=O)CCC3C2)cc1. The molecule has 3 rings (SSSR count). The summed E-state index contributed by atoms with van der Waals surface area (Å²) >= 11 is 0. The van der Waals surface area contributed by atoms with Crippen LogP contribution in [0.2, 0.25) is 0 Å². The van der Waals surface area contributed by atoms with Gasteiger partial charge in [-0.15, -0.1) is 0 Å². The van der Waals surface area contributed by atoms with E-state index < -0.39 is 10.0 Å². The first kappa shape index (κ1) is 14.5. The van der Waals surface area contributed by atoms with Crippen LogP contribution in [0.4, 0.5) is 0 Å². The smallest absolute Gasteiger partial charge is 0.243 e. The van der Waals surface area contributed by atoms with Gasteiger partial charge in [-0.25, -0.2) is 8.42 Å². The molecule has 1 aromatic carbocycles. The average Bonchev–Trinajstić information content (AvgIpc) is 2.88. The van der Waals surface area contributed by atoms with Gasteiger partial charge in [-0.1, -0.05) is 12.1 Å². The maximum Gasteiger partial charge on any atom is 0.243 e. The second kappa shape index (κ2) is 5.40. The van der Waals surface area contributed by atoms with Crippen LogP contribution in [0.15, 0.2) is 29.2 Å². The van der Waals surface area contributed by atoms with Crippen molar-refractivity contribution in [2.24, 2.45) is 5.73 Å². The lowest BCUT2D eigenvalue weighted by molar-refractivity contribution is -0.130. The first-order chi connectivity index (χ1) is 10.0. The van der Waals surface area contributed by atoms with Gasteiger partial charge in [0.2, 0.25) is 15.9 Å². The monoisotopic (exact) mass is 309 g/mol. The van der Waals surface area contributed by atoms with Gasteiger partial charge in [0, 0.05) is 38.6 Å². The lowest BCUT2D eigenvalue weighted by Crippen LogP contribution is -2.53. The molecule has 114 valence electrons. The summed E-state index contributed by atoms with van der Waals surface area (Å²) < 4.78 is 26.8. The van der Waals surface area contributed by atoms with Crippen molar-refractivity contribution >= 4 is 15.9 Å². The molecule has 2 heterocycles. The van der Waals surface area contributed by atoms with Crippen molar-refractivity contribution in [3.05, 3.63) is 29.8 Å². The molecule has 0 radical (unpaired) electrons. The molecule has 7 heteroatoms. The summed E-state index contributed by atoms with van der Waals surface area (Å²) in [7, 11) is -3.49. The van der Waals surface area contributed by atoms with Crippen LogP contribution in [-0.4, -0.2) is 49.2 Å². The largest absolute Gasteiger partial charge is 0.337 e. The summed E-state index contributed by atoms with van der Waals surface area (Å²) in [6, 6.07) is 6.71. The van der Waals surface area contributed by atoms with Crippen LogP contribution in [0.25, 0.3) is 0 Å². The number of hydrogen-bond acceptors (Lipinski definition) is 4. The van der Waals surface area contributed by atoms with Crippen LogP contribution in [0.3, 0.4) is 0 Å². The molecular weight excluding hydrogens is 290 g/mol. The number of sulfonamides is 1. The maximum atomic E-state index is 12.6. The summed E-state index contributed by atoms with van der Waals surface area (Å²) in [5, 5.41) is 0. The Morgan fingerprint density at radius 1 is 1.19 bits per heavy atom. The summed E-state index contributed by atoms with van der Waals surface area (Å²) in [6.07, 6.45) is 1.28. The molecule has 2 N–H and O–H groups in total. The zero-order valence-corrected chi connectivity index (χ0v) is 12.6. The Balaban J connectivity index is 1.80. The fourth-order valence-corrected chi connectivity index (χ4v) is 4.47. The van der Waals surface area contributed by atoms with Gasteiger partial charge in [-0.3, -0.25) is 4.79 Å². The van der Waals surface area contributed by atoms with Crippen LogP contribution in [-0.2, 0) is 21.4 Å². The third-order valence-electron chi connectivity index (χ3n) is 4.25. The summed E-state index contributed by atoms with van der Waals surface area (Å²) in [5.41, 5.74) is 6.43. The lowest BCUT2D eigenvalue weighted by atomic mass is 10.2. The zero-order chi connectivity index (χ0) is 15.0. The average molecular weight is 309 g/mol. The molecule has 2 fully saturated rings. The molecule has 1 atom stereocenters. The van der Waals surface area contributed by atoms with E-state index in [9.17, 15) is 13.2 Å². The molecule has 0 spiro atoms. The molecule has 2 saturated heterocycles. The highest BCUT2D eigenvalue weighted by molar-refractivity contribution is 7.89. The Morgan fingerprint density at radius 3 is 2.57 bits per heavy atom. The molecule has 2 aliphatic heterocycles. The van der Waals surface area contributed by atoms with Crippen molar-refractivity contribution in [3.8, 4) is 0 Å². The Hall–Kier alpha value is -1.44. The second-order valence-electron chi connectivity index (χ2n) is 5.49. The van der Waals surface area contributed by atoms with Crippen molar-refractivity contribution in [1.82, 2.24) is 9.21 Å². The number of hydrogen-bond donors (Lipinski definition) is 1. The zero-order valence-electron chi connectivity index (χ0n) is 11.7. The van der Waals surface area contributed by atoms with Gasteiger partial charge in [0.25, 0.3) is 0 Å². The molecule has 0 saturated carbocycles. The first-order valence-corrected chi connectivity index (χ1v) is 8.55. The number of nitrogens with two attached hydrogens (primary N) is 1.